The van der Waals surface area contributed by atoms with Gasteiger partial charge in [0, 0.05) is 12.2 Å². The minimum atomic E-state index is -0.236. The van der Waals surface area contributed by atoms with Crippen LogP contribution < -0.4 is 15.0 Å². The molecule has 2 amide bonds. The summed E-state index contributed by atoms with van der Waals surface area (Å²) in [6, 6.07) is 15.9. The van der Waals surface area contributed by atoms with E-state index >= 15 is 0 Å². The Labute approximate surface area is 143 Å². The highest BCUT2D eigenvalue weighted by Crippen LogP contribution is 2.46. The van der Waals surface area contributed by atoms with Crippen LogP contribution in [0.25, 0.3) is 0 Å². The fourth-order valence-corrected chi connectivity index (χ4v) is 3.03. The predicted octanol–water partition coefficient (Wildman–Crippen LogP) is 4.23. The van der Waals surface area contributed by atoms with E-state index in [9.17, 15) is 4.79 Å². The van der Waals surface area contributed by atoms with Crippen LogP contribution in [0, 0.1) is 6.92 Å². The van der Waals surface area contributed by atoms with E-state index in [1.165, 1.54) is 0 Å². The maximum absolute atomic E-state index is 12.8. The van der Waals surface area contributed by atoms with Crippen molar-refractivity contribution in [2.45, 2.75) is 32.2 Å². The molecule has 0 radical (unpaired) electrons. The molecular weight excluding hydrogens is 300 g/mol. The molecule has 0 aliphatic heterocycles. The molecule has 24 heavy (non-hydrogen) atoms. The van der Waals surface area contributed by atoms with Crippen LogP contribution in [0.1, 0.15) is 30.9 Å². The van der Waals surface area contributed by atoms with E-state index in [4.69, 9.17) is 4.74 Å². The topological polar surface area (TPSA) is 41.6 Å². The van der Waals surface area contributed by atoms with Crippen LogP contribution >= 0.6 is 0 Å². The van der Waals surface area contributed by atoms with Crippen LogP contribution in [0.4, 0.5) is 10.5 Å². The first-order chi connectivity index (χ1) is 11.6. The Bertz CT molecular complexity index is 721. The number of nitrogens with zero attached hydrogens (tertiary/aromatic N) is 1. The lowest BCUT2D eigenvalue weighted by atomic mass is 10.0. The molecule has 0 spiro atoms. The third-order valence-electron chi connectivity index (χ3n) is 4.61. The molecule has 1 aliphatic carbocycles. The summed E-state index contributed by atoms with van der Waals surface area (Å²) in [5.41, 5.74) is 2.98. The van der Waals surface area contributed by atoms with Crippen molar-refractivity contribution in [1.82, 2.24) is 5.32 Å². The van der Waals surface area contributed by atoms with Crippen LogP contribution in [-0.4, -0.2) is 19.7 Å². The first-order valence-corrected chi connectivity index (χ1v) is 8.39. The number of carbonyl (C=O) groups is 1. The highest BCUT2D eigenvalue weighted by molar-refractivity contribution is 5.92. The Kier molecular flexibility index (Phi) is 4.47. The minimum absolute atomic E-state index is 0.0450. The van der Waals surface area contributed by atoms with E-state index in [0.29, 0.717) is 6.54 Å². The first-order valence-electron chi connectivity index (χ1n) is 8.39. The number of aryl methyl sites for hydroxylation is 1. The lowest BCUT2D eigenvalue weighted by Crippen LogP contribution is -2.45. The lowest BCUT2D eigenvalue weighted by Gasteiger charge is -2.26. The van der Waals surface area contributed by atoms with Gasteiger partial charge in [-0.2, -0.15) is 0 Å². The summed E-state index contributed by atoms with van der Waals surface area (Å²) >= 11 is 0. The quantitative estimate of drug-likeness (QED) is 0.894. The summed E-state index contributed by atoms with van der Waals surface area (Å²) in [6.45, 7) is 4.66. The van der Waals surface area contributed by atoms with Crippen LogP contribution in [0.15, 0.2) is 48.5 Å². The summed E-state index contributed by atoms with van der Waals surface area (Å²) < 4.78 is 5.21. The number of anilines is 1. The fraction of sp³-hybridized carbons (Fsp3) is 0.350. The van der Waals surface area contributed by atoms with Crippen molar-refractivity contribution in [2.75, 3.05) is 18.6 Å². The van der Waals surface area contributed by atoms with Gasteiger partial charge < -0.3 is 10.1 Å². The largest absolute Gasteiger partial charge is 0.497 e. The maximum Gasteiger partial charge on any atom is 0.322 e. The average molecular weight is 324 g/mol. The highest BCUT2D eigenvalue weighted by atomic mass is 16.5. The summed E-state index contributed by atoms with van der Waals surface area (Å²) in [4.78, 5) is 14.6. The Hall–Kier alpha value is -2.49. The molecule has 0 atom stereocenters. The van der Waals surface area contributed by atoms with E-state index in [1.807, 2.05) is 62.4 Å². The normalized spacial score (nSPS) is 14.8. The third kappa shape index (κ3) is 3.23. The third-order valence-corrected chi connectivity index (χ3v) is 4.61. The zero-order valence-electron chi connectivity index (χ0n) is 14.5. The van der Waals surface area contributed by atoms with Gasteiger partial charge in [-0.25, -0.2) is 4.79 Å². The van der Waals surface area contributed by atoms with Crippen molar-refractivity contribution < 1.29 is 9.53 Å². The summed E-state index contributed by atoms with van der Waals surface area (Å²) in [5, 5.41) is 3.24. The molecule has 0 heterocycles. The van der Waals surface area contributed by atoms with E-state index in [-0.39, 0.29) is 11.6 Å². The molecule has 126 valence electrons. The molecule has 0 saturated heterocycles. The molecule has 1 N–H and O–H groups in total. The fourth-order valence-electron chi connectivity index (χ4n) is 3.03. The second-order valence-corrected chi connectivity index (χ2v) is 6.32. The van der Waals surface area contributed by atoms with Gasteiger partial charge in [0.05, 0.1) is 12.6 Å². The van der Waals surface area contributed by atoms with E-state index in [2.05, 4.69) is 5.32 Å². The molecule has 1 fully saturated rings. The number of urea groups is 1. The summed E-state index contributed by atoms with van der Waals surface area (Å²) in [7, 11) is 1.66. The Balaban J connectivity index is 1.77. The van der Waals surface area contributed by atoms with E-state index in [0.717, 1.165) is 35.4 Å². The molecule has 4 nitrogen and oxygen atoms in total. The molecule has 2 aromatic rings. The number of hydrogen-bond acceptors (Lipinski definition) is 2. The summed E-state index contributed by atoms with van der Waals surface area (Å²) in [5.74, 6) is 0.829. The molecular formula is C20H24N2O2. The van der Waals surface area contributed by atoms with Crippen LogP contribution in [0.3, 0.4) is 0 Å². The molecule has 1 aliphatic rings. The van der Waals surface area contributed by atoms with Gasteiger partial charge in [-0.3, -0.25) is 4.90 Å². The smallest absolute Gasteiger partial charge is 0.322 e. The molecule has 0 aromatic heterocycles. The van der Waals surface area contributed by atoms with Crippen molar-refractivity contribution in [2.24, 2.45) is 0 Å². The zero-order chi connectivity index (χ0) is 17.2. The molecule has 4 heteroatoms. The monoisotopic (exact) mass is 324 g/mol. The Morgan fingerprint density at radius 1 is 1.21 bits per heavy atom. The SMILES string of the molecule is CCN(C(=O)NC1(c2ccc(OC)cc2)CC1)c1cccc(C)c1. The number of carbonyl (C=O) groups excluding carboxylic acids is 1. The first kappa shape index (κ1) is 16.4. The van der Waals surface area contributed by atoms with Crippen molar-refractivity contribution in [1.29, 1.82) is 0 Å². The molecule has 1 saturated carbocycles. The maximum atomic E-state index is 12.8. The van der Waals surface area contributed by atoms with E-state index < -0.39 is 0 Å². The number of rotatable bonds is 5. The van der Waals surface area contributed by atoms with Gasteiger partial charge in [-0.15, -0.1) is 0 Å². The van der Waals surface area contributed by atoms with Crippen LogP contribution in [-0.2, 0) is 5.54 Å². The van der Waals surface area contributed by atoms with Gasteiger partial charge in [-0.1, -0.05) is 24.3 Å². The molecule has 0 bridgehead atoms. The van der Waals surface area contributed by atoms with Gasteiger partial charge in [0.15, 0.2) is 0 Å². The zero-order valence-corrected chi connectivity index (χ0v) is 14.5. The van der Waals surface area contributed by atoms with Crippen LogP contribution in [0.2, 0.25) is 0 Å². The summed E-state index contributed by atoms with van der Waals surface area (Å²) in [6.07, 6.45) is 1.94. The Morgan fingerprint density at radius 2 is 1.92 bits per heavy atom. The molecule has 0 unspecified atom stereocenters. The molecule has 2 aromatic carbocycles. The van der Waals surface area contributed by atoms with Crippen molar-refractivity contribution in [3.8, 4) is 5.75 Å². The second kappa shape index (κ2) is 6.56. The van der Waals surface area contributed by atoms with Crippen molar-refractivity contribution >= 4 is 11.7 Å². The number of methoxy groups -OCH3 is 1. The number of ether oxygens (including phenoxy) is 1. The van der Waals surface area contributed by atoms with Gasteiger partial charge in [0.1, 0.15) is 5.75 Å². The van der Waals surface area contributed by atoms with Gasteiger partial charge in [0.25, 0.3) is 0 Å². The van der Waals surface area contributed by atoms with Gasteiger partial charge in [0.2, 0.25) is 0 Å². The van der Waals surface area contributed by atoms with Crippen molar-refractivity contribution in [3.63, 3.8) is 0 Å². The van der Waals surface area contributed by atoms with Crippen molar-refractivity contribution in [3.05, 3.63) is 59.7 Å². The number of benzene rings is 2. The standard InChI is InChI=1S/C20H24N2O2/c1-4-22(17-7-5-6-15(2)14-17)19(23)21-20(12-13-20)16-8-10-18(24-3)11-9-16/h5-11,14H,4,12-13H2,1-3H3,(H,21,23). The predicted molar refractivity (Wildman–Crippen MR) is 96.6 cm³/mol. The average Bonchev–Trinajstić information content (AvgIpc) is 3.36. The number of hydrogen-bond donors (Lipinski definition) is 1. The minimum Gasteiger partial charge on any atom is -0.497 e. The van der Waals surface area contributed by atoms with Gasteiger partial charge in [-0.05, 0) is 62.1 Å². The van der Waals surface area contributed by atoms with Gasteiger partial charge >= 0.3 is 6.03 Å². The Morgan fingerprint density at radius 3 is 2.46 bits per heavy atom. The number of amides is 2. The molecule has 3 rings (SSSR count). The van der Waals surface area contributed by atoms with E-state index in [1.54, 1.807) is 12.0 Å². The second-order valence-electron chi connectivity index (χ2n) is 6.32. The number of nitrogens with one attached hydrogen (secondary N) is 1. The van der Waals surface area contributed by atoms with Crippen LogP contribution in [0.5, 0.6) is 5.75 Å². The highest BCUT2D eigenvalue weighted by Gasteiger charge is 2.46. The lowest BCUT2D eigenvalue weighted by molar-refractivity contribution is 0.241.